The first-order chi connectivity index (χ1) is 10.9. The molecule has 0 spiro atoms. The highest BCUT2D eigenvalue weighted by Gasteiger charge is 2.18. The first kappa shape index (κ1) is 20.2. The van der Waals surface area contributed by atoms with Gasteiger partial charge in [-0.3, -0.25) is 10.1 Å². The predicted molar refractivity (Wildman–Crippen MR) is 97.0 cm³/mol. The van der Waals surface area contributed by atoms with E-state index in [2.05, 4.69) is 55.7 Å². The topological polar surface area (TPSA) is 62.6 Å². The van der Waals surface area contributed by atoms with Crippen LogP contribution in [0.25, 0.3) is 0 Å². The molecule has 24 heavy (non-hydrogen) atoms. The van der Waals surface area contributed by atoms with Gasteiger partial charge in [-0.1, -0.05) is 45.0 Å². The van der Waals surface area contributed by atoms with Crippen molar-refractivity contribution >= 4 is 11.9 Å². The molecular weight excluding hydrogens is 302 g/mol. The van der Waals surface area contributed by atoms with Gasteiger partial charge in [-0.2, -0.15) is 0 Å². The molecule has 0 fully saturated rings. The maximum atomic E-state index is 11.9. The van der Waals surface area contributed by atoms with E-state index in [4.69, 9.17) is 0 Å². The monoisotopic (exact) mass is 334 g/mol. The Bertz CT molecular complexity index is 566. The lowest BCUT2D eigenvalue weighted by Gasteiger charge is -2.21. The molecule has 0 saturated heterocycles. The van der Waals surface area contributed by atoms with Crippen LogP contribution in [0.5, 0.6) is 0 Å². The number of urea groups is 1. The van der Waals surface area contributed by atoms with Crippen LogP contribution in [-0.4, -0.2) is 31.1 Å². The molecule has 1 atom stereocenters. The molecule has 5 heteroatoms. The Morgan fingerprint density at radius 2 is 1.54 bits per heavy atom. The molecule has 0 aliphatic carbocycles. The van der Waals surface area contributed by atoms with E-state index in [1.165, 1.54) is 11.1 Å². The second kappa shape index (κ2) is 7.79. The van der Waals surface area contributed by atoms with E-state index in [1.807, 2.05) is 27.8 Å². The fourth-order valence-electron chi connectivity index (χ4n) is 2.35. The maximum Gasteiger partial charge on any atom is 0.322 e. The molecule has 0 aliphatic rings. The summed E-state index contributed by atoms with van der Waals surface area (Å²) < 4.78 is 0. The number of likely N-dealkylation sites (N-methyl/N-ethyl adjacent to an activating group) is 1. The summed E-state index contributed by atoms with van der Waals surface area (Å²) in [6, 6.07) is 8.04. The van der Waals surface area contributed by atoms with Gasteiger partial charge in [0, 0.05) is 11.1 Å². The summed E-state index contributed by atoms with van der Waals surface area (Å²) in [7, 11) is 1.94. The highest BCUT2D eigenvalue weighted by Crippen LogP contribution is 2.21. The molecule has 5 nitrogen and oxygen atoms in total. The van der Waals surface area contributed by atoms with E-state index in [0.717, 1.165) is 11.4 Å². The van der Waals surface area contributed by atoms with Crippen molar-refractivity contribution < 1.29 is 14.5 Å². The number of amides is 3. The lowest BCUT2D eigenvalue weighted by molar-refractivity contribution is -0.885. The van der Waals surface area contributed by atoms with Gasteiger partial charge in [0.2, 0.25) is 0 Å². The minimum Gasteiger partial charge on any atom is -0.333 e. The zero-order chi connectivity index (χ0) is 18.5. The SMILES string of the molecule is C[NH+](CC(=O)NC(=O)NC(C)(C)C)Cc1ccc(C(C)(C)C)cc1. The van der Waals surface area contributed by atoms with Crippen LogP contribution in [0, 0.1) is 0 Å². The Balaban J connectivity index is 2.49. The van der Waals surface area contributed by atoms with Crippen molar-refractivity contribution in [2.45, 2.75) is 59.0 Å². The van der Waals surface area contributed by atoms with Gasteiger partial charge in [0.1, 0.15) is 6.54 Å². The standard InChI is InChI=1S/C19H31N3O2/c1-18(2,3)15-10-8-14(9-11-15)12-22(7)13-16(23)20-17(24)21-19(4,5)6/h8-11H,12-13H2,1-7H3,(H2,20,21,23,24)/p+1. The molecule has 1 aromatic carbocycles. The van der Waals surface area contributed by atoms with Gasteiger partial charge in [-0.05, 0) is 31.7 Å². The highest BCUT2D eigenvalue weighted by molar-refractivity contribution is 5.94. The lowest BCUT2D eigenvalue weighted by Crippen LogP contribution is -3.09. The van der Waals surface area contributed by atoms with Gasteiger partial charge in [0.05, 0.1) is 7.05 Å². The van der Waals surface area contributed by atoms with E-state index in [1.54, 1.807) is 0 Å². The molecule has 1 rings (SSSR count). The van der Waals surface area contributed by atoms with Crippen molar-refractivity contribution in [2.24, 2.45) is 0 Å². The summed E-state index contributed by atoms with van der Waals surface area (Å²) in [4.78, 5) is 24.6. The van der Waals surface area contributed by atoms with Crippen LogP contribution in [0.15, 0.2) is 24.3 Å². The number of hydrogen-bond acceptors (Lipinski definition) is 2. The van der Waals surface area contributed by atoms with Crippen molar-refractivity contribution in [3.8, 4) is 0 Å². The lowest BCUT2D eigenvalue weighted by atomic mass is 9.87. The molecule has 0 aromatic heterocycles. The minimum absolute atomic E-state index is 0.136. The molecule has 0 bridgehead atoms. The smallest absolute Gasteiger partial charge is 0.322 e. The molecule has 134 valence electrons. The van der Waals surface area contributed by atoms with Crippen molar-refractivity contribution in [1.29, 1.82) is 0 Å². The first-order valence-electron chi connectivity index (χ1n) is 8.39. The van der Waals surface area contributed by atoms with Crippen LogP contribution in [0.2, 0.25) is 0 Å². The molecule has 0 aliphatic heterocycles. The number of hydrogen-bond donors (Lipinski definition) is 3. The molecule has 3 amide bonds. The summed E-state index contributed by atoms with van der Waals surface area (Å²) in [6.45, 7) is 13.2. The van der Waals surface area contributed by atoms with Crippen LogP contribution >= 0.6 is 0 Å². The van der Waals surface area contributed by atoms with E-state index in [0.29, 0.717) is 0 Å². The molecule has 1 aromatic rings. The highest BCUT2D eigenvalue weighted by atomic mass is 16.2. The van der Waals surface area contributed by atoms with Crippen molar-refractivity contribution in [1.82, 2.24) is 10.6 Å². The van der Waals surface area contributed by atoms with Gasteiger partial charge >= 0.3 is 6.03 Å². The number of rotatable bonds is 4. The maximum absolute atomic E-state index is 11.9. The average molecular weight is 334 g/mol. The van der Waals surface area contributed by atoms with E-state index < -0.39 is 6.03 Å². The second-order valence-corrected chi connectivity index (χ2v) is 8.51. The van der Waals surface area contributed by atoms with Crippen molar-refractivity contribution in [2.75, 3.05) is 13.6 Å². The van der Waals surface area contributed by atoms with Gasteiger partial charge in [0.25, 0.3) is 5.91 Å². The number of carbonyl (C=O) groups excluding carboxylic acids is 2. The normalized spacial score (nSPS) is 13.3. The zero-order valence-corrected chi connectivity index (χ0v) is 16.0. The van der Waals surface area contributed by atoms with Gasteiger partial charge in [0.15, 0.2) is 6.54 Å². The Kier molecular flexibility index (Phi) is 6.55. The first-order valence-corrected chi connectivity index (χ1v) is 8.39. The van der Waals surface area contributed by atoms with Gasteiger partial charge in [-0.25, -0.2) is 4.79 Å². The summed E-state index contributed by atoms with van der Waals surface area (Å²) in [5, 5.41) is 5.09. The summed E-state index contributed by atoms with van der Waals surface area (Å²) in [5.41, 5.74) is 2.24. The molecule has 1 unspecified atom stereocenters. The number of benzene rings is 1. The molecular formula is C19H32N3O2+. The van der Waals surface area contributed by atoms with E-state index >= 15 is 0 Å². The molecule has 3 N–H and O–H groups in total. The van der Waals surface area contributed by atoms with Crippen LogP contribution in [-0.2, 0) is 16.8 Å². The third-order valence-corrected chi connectivity index (χ3v) is 3.53. The van der Waals surface area contributed by atoms with E-state index in [9.17, 15) is 9.59 Å². The fraction of sp³-hybridized carbons (Fsp3) is 0.579. The number of nitrogens with one attached hydrogen (secondary N) is 3. The number of quaternary nitrogens is 1. The van der Waals surface area contributed by atoms with Crippen LogP contribution in [0.3, 0.4) is 0 Å². The van der Waals surface area contributed by atoms with Gasteiger partial charge < -0.3 is 10.2 Å². The Morgan fingerprint density at radius 1 is 1.00 bits per heavy atom. The van der Waals surface area contributed by atoms with Gasteiger partial charge in [-0.15, -0.1) is 0 Å². The van der Waals surface area contributed by atoms with Crippen LogP contribution in [0.4, 0.5) is 4.79 Å². The Morgan fingerprint density at radius 3 is 2.00 bits per heavy atom. The summed E-state index contributed by atoms with van der Waals surface area (Å²) in [6.07, 6.45) is 0. The third kappa shape index (κ3) is 7.59. The average Bonchev–Trinajstić information content (AvgIpc) is 2.34. The molecule has 0 radical (unpaired) electrons. The van der Waals surface area contributed by atoms with Crippen LogP contribution in [0.1, 0.15) is 52.7 Å². The molecule has 0 heterocycles. The Labute approximate surface area is 145 Å². The van der Waals surface area contributed by atoms with Crippen molar-refractivity contribution in [3.63, 3.8) is 0 Å². The quantitative estimate of drug-likeness (QED) is 0.784. The Hall–Kier alpha value is -1.88. The summed E-state index contributed by atoms with van der Waals surface area (Å²) in [5.74, 6) is -0.277. The van der Waals surface area contributed by atoms with Crippen molar-refractivity contribution in [3.05, 3.63) is 35.4 Å². The molecule has 0 saturated carbocycles. The number of carbonyl (C=O) groups is 2. The largest absolute Gasteiger partial charge is 0.333 e. The van der Waals surface area contributed by atoms with E-state index in [-0.39, 0.29) is 23.4 Å². The number of imide groups is 1. The third-order valence-electron chi connectivity index (χ3n) is 3.53. The second-order valence-electron chi connectivity index (χ2n) is 8.51. The minimum atomic E-state index is -0.449. The summed E-state index contributed by atoms with van der Waals surface area (Å²) >= 11 is 0. The zero-order valence-electron chi connectivity index (χ0n) is 16.0. The fourth-order valence-corrected chi connectivity index (χ4v) is 2.35. The van der Waals surface area contributed by atoms with Crippen LogP contribution < -0.4 is 15.5 Å². The predicted octanol–water partition coefficient (Wildman–Crippen LogP) is 1.62.